The fourth-order valence-corrected chi connectivity index (χ4v) is 4.79. The summed E-state index contributed by atoms with van der Waals surface area (Å²) in [6.07, 6.45) is 2.38. The van der Waals surface area contributed by atoms with Crippen molar-refractivity contribution in [3.05, 3.63) is 46.8 Å². The first-order valence-corrected chi connectivity index (χ1v) is 9.77. The van der Waals surface area contributed by atoms with Crippen LogP contribution in [-0.2, 0) is 0 Å². The third-order valence-corrected chi connectivity index (χ3v) is 6.20. The van der Waals surface area contributed by atoms with Crippen LogP contribution in [0.15, 0.2) is 41.1 Å². The van der Waals surface area contributed by atoms with E-state index >= 15 is 0 Å². The Kier molecular flexibility index (Phi) is 3.60. The number of carbonyl (C=O) groups is 1. The van der Waals surface area contributed by atoms with Gasteiger partial charge < -0.3 is 10.2 Å². The summed E-state index contributed by atoms with van der Waals surface area (Å²) in [7, 11) is 0. The summed E-state index contributed by atoms with van der Waals surface area (Å²) in [5.41, 5.74) is 2.50. The average Bonchev–Trinajstić information content (AvgIpc) is 3.30. The highest BCUT2D eigenvalue weighted by molar-refractivity contribution is 7.08. The number of nitrogens with one attached hydrogen (secondary N) is 1. The molecule has 0 radical (unpaired) electrons. The fourth-order valence-electron chi connectivity index (χ4n) is 4.17. The van der Waals surface area contributed by atoms with Crippen molar-refractivity contribution in [3.8, 4) is 5.69 Å². The molecule has 25 heavy (non-hydrogen) atoms. The number of fused-ring (bicyclic) bond motifs is 4. The Hall–Kier alpha value is -2.18. The summed E-state index contributed by atoms with van der Waals surface area (Å²) >= 11 is 1.63. The van der Waals surface area contributed by atoms with Gasteiger partial charge in [-0.05, 0) is 49.4 Å². The van der Waals surface area contributed by atoms with Gasteiger partial charge in [-0.1, -0.05) is 18.2 Å². The standard InChI is InChI=1S/C19H20N4OS/c24-19(20-16-11-22-8-5-13(16)6-9-22)18-15-3-1-2-4-17(15)23(21-18)14-7-10-25-12-14/h1-4,7,10,12-13,16H,5-6,8-9,11H2,(H,20,24). The number of hydrogen-bond acceptors (Lipinski definition) is 4. The number of piperidine rings is 3. The maximum absolute atomic E-state index is 13.0. The second kappa shape index (κ2) is 5.97. The Bertz CT molecular complexity index is 909. The van der Waals surface area contributed by atoms with E-state index < -0.39 is 0 Å². The van der Waals surface area contributed by atoms with Crippen LogP contribution in [0.1, 0.15) is 23.3 Å². The minimum atomic E-state index is -0.0519. The molecule has 1 aromatic carbocycles. The lowest BCUT2D eigenvalue weighted by atomic mass is 9.84. The number of hydrogen-bond donors (Lipinski definition) is 1. The highest BCUT2D eigenvalue weighted by Crippen LogP contribution is 2.28. The van der Waals surface area contributed by atoms with Crippen molar-refractivity contribution in [3.63, 3.8) is 0 Å². The first-order chi connectivity index (χ1) is 12.3. The third-order valence-electron chi connectivity index (χ3n) is 5.53. The van der Waals surface area contributed by atoms with Gasteiger partial charge in [-0.15, -0.1) is 0 Å². The molecule has 3 fully saturated rings. The average molecular weight is 352 g/mol. The van der Waals surface area contributed by atoms with Crippen LogP contribution >= 0.6 is 11.3 Å². The highest BCUT2D eigenvalue weighted by atomic mass is 32.1. The van der Waals surface area contributed by atoms with Crippen LogP contribution in [0.5, 0.6) is 0 Å². The van der Waals surface area contributed by atoms with Gasteiger partial charge >= 0.3 is 0 Å². The predicted octanol–water partition coefficient (Wildman–Crippen LogP) is 2.91. The Morgan fingerprint density at radius 1 is 1.20 bits per heavy atom. The molecule has 3 aliphatic rings. The van der Waals surface area contributed by atoms with E-state index in [1.54, 1.807) is 11.3 Å². The van der Waals surface area contributed by atoms with Crippen molar-refractivity contribution in [1.82, 2.24) is 20.0 Å². The van der Waals surface area contributed by atoms with Gasteiger partial charge in [-0.3, -0.25) is 4.79 Å². The first-order valence-electron chi connectivity index (χ1n) is 8.83. The van der Waals surface area contributed by atoms with Gasteiger partial charge in [0.2, 0.25) is 0 Å². The van der Waals surface area contributed by atoms with Gasteiger partial charge in [-0.25, -0.2) is 4.68 Å². The second-order valence-electron chi connectivity index (χ2n) is 6.98. The van der Waals surface area contributed by atoms with E-state index in [1.807, 2.05) is 40.4 Å². The molecule has 2 bridgehead atoms. The lowest BCUT2D eigenvalue weighted by molar-refractivity contribution is 0.0618. The molecule has 0 saturated carbocycles. The molecule has 5 nitrogen and oxygen atoms in total. The van der Waals surface area contributed by atoms with Crippen molar-refractivity contribution in [2.24, 2.45) is 5.92 Å². The van der Waals surface area contributed by atoms with Crippen molar-refractivity contribution in [2.45, 2.75) is 18.9 Å². The van der Waals surface area contributed by atoms with Crippen LogP contribution in [0, 0.1) is 5.92 Å². The Morgan fingerprint density at radius 3 is 2.76 bits per heavy atom. The zero-order valence-electron chi connectivity index (χ0n) is 13.9. The molecule has 0 aliphatic carbocycles. The van der Waals surface area contributed by atoms with Crippen LogP contribution in [0.2, 0.25) is 0 Å². The van der Waals surface area contributed by atoms with Crippen molar-refractivity contribution in [1.29, 1.82) is 0 Å². The summed E-state index contributed by atoms with van der Waals surface area (Å²) in [6, 6.07) is 10.2. The number of amides is 1. The molecule has 6 heteroatoms. The van der Waals surface area contributed by atoms with Crippen LogP contribution in [0.25, 0.3) is 16.6 Å². The van der Waals surface area contributed by atoms with Crippen LogP contribution in [0.4, 0.5) is 0 Å². The maximum atomic E-state index is 13.0. The second-order valence-corrected chi connectivity index (χ2v) is 7.76. The minimum absolute atomic E-state index is 0.0519. The van der Waals surface area contributed by atoms with Gasteiger partial charge in [-0.2, -0.15) is 16.4 Å². The molecule has 2 aromatic heterocycles. The SMILES string of the molecule is O=C(NC1CN2CCC1CC2)c1nn(-c2ccsc2)c2ccccc12. The molecule has 3 aromatic rings. The van der Waals surface area contributed by atoms with Crippen LogP contribution in [0.3, 0.4) is 0 Å². The van der Waals surface area contributed by atoms with E-state index in [4.69, 9.17) is 0 Å². The molecule has 1 amide bonds. The monoisotopic (exact) mass is 352 g/mol. The number of para-hydroxylation sites is 1. The van der Waals surface area contributed by atoms with Gasteiger partial charge in [0.15, 0.2) is 5.69 Å². The van der Waals surface area contributed by atoms with E-state index in [0.29, 0.717) is 11.6 Å². The lowest BCUT2D eigenvalue weighted by Crippen LogP contribution is -2.57. The largest absolute Gasteiger partial charge is 0.346 e. The molecule has 1 atom stereocenters. The molecule has 5 heterocycles. The molecular formula is C19H20N4OS. The lowest BCUT2D eigenvalue weighted by Gasteiger charge is -2.44. The molecule has 1 unspecified atom stereocenters. The van der Waals surface area contributed by atoms with Crippen molar-refractivity contribution >= 4 is 28.1 Å². The molecule has 0 spiro atoms. The van der Waals surface area contributed by atoms with Crippen molar-refractivity contribution in [2.75, 3.05) is 19.6 Å². The molecule has 1 N–H and O–H groups in total. The topological polar surface area (TPSA) is 50.2 Å². The normalized spacial score (nSPS) is 25.4. The quantitative estimate of drug-likeness (QED) is 0.788. The third kappa shape index (κ3) is 2.56. The maximum Gasteiger partial charge on any atom is 0.272 e. The number of thiophene rings is 1. The molecule has 128 valence electrons. The summed E-state index contributed by atoms with van der Waals surface area (Å²) in [5.74, 6) is 0.558. The van der Waals surface area contributed by atoms with E-state index in [2.05, 4.69) is 20.7 Å². The summed E-state index contributed by atoms with van der Waals surface area (Å²) in [4.78, 5) is 15.4. The van der Waals surface area contributed by atoms with Gasteiger partial charge in [0.1, 0.15) is 0 Å². The molecule has 3 saturated heterocycles. The number of nitrogens with zero attached hydrogens (tertiary/aromatic N) is 3. The highest BCUT2D eigenvalue weighted by Gasteiger charge is 2.35. The van der Waals surface area contributed by atoms with Gasteiger partial charge in [0.05, 0.1) is 11.2 Å². The van der Waals surface area contributed by atoms with E-state index in [1.165, 1.54) is 25.9 Å². The number of rotatable bonds is 3. The smallest absolute Gasteiger partial charge is 0.272 e. The Labute approximate surface area is 150 Å². The molecular weight excluding hydrogens is 332 g/mol. The molecule has 6 rings (SSSR count). The number of benzene rings is 1. The van der Waals surface area contributed by atoms with E-state index in [0.717, 1.165) is 23.1 Å². The van der Waals surface area contributed by atoms with Gasteiger partial charge in [0, 0.05) is 23.4 Å². The van der Waals surface area contributed by atoms with E-state index in [9.17, 15) is 4.79 Å². The Morgan fingerprint density at radius 2 is 2.04 bits per heavy atom. The summed E-state index contributed by atoms with van der Waals surface area (Å²) in [6.45, 7) is 3.32. The summed E-state index contributed by atoms with van der Waals surface area (Å²) in [5, 5.41) is 12.9. The fraction of sp³-hybridized carbons (Fsp3) is 0.368. The minimum Gasteiger partial charge on any atom is -0.346 e. The Balaban J connectivity index is 1.49. The molecule has 3 aliphatic heterocycles. The zero-order valence-corrected chi connectivity index (χ0v) is 14.7. The summed E-state index contributed by atoms with van der Waals surface area (Å²) < 4.78 is 1.87. The number of aromatic nitrogens is 2. The van der Waals surface area contributed by atoms with E-state index in [-0.39, 0.29) is 11.9 Å². The first kappa shape index (κ1) is 15.1. The van der Waals surface area contributed by atoms with Crippen LogP contribution < -0.4 is 5.32 Å². The number of carbonyl (C=O) groups excluding carboxylic acids is 1. The predicted molar refractivity (Wildman–Crippen MR) is 99.4 cm³/mol. The zero-order chi connectivity index (χ0) is 16.8. The van der Waals surface area contributed by atoms with Crippen LogP contribution in [-0.4, -0.2) is 46.3 Å². The van der Waals surface area contributed by atoms with Gasteiger partial charge in [0.25, 0.3) is 5.91 Å². The van der Waals surface area contributed by atoms with Crippen molar-refractivity contribution < 1.29 is 4.79 Å².